The average molecular weight is 447 g/mol. The first-order valence-corrected chi connectivity index (χ1v) is 9.58. The number of aliphatic carboxylic acids is 1. The number of halogens is 2. The number of anilines is 3. The highest BCUT2D eigenvalue weighted by Crippen LogP contribution is 2.35. The van der Waals surface area contributed by atoms with Crippen molar-refractivity contribution in [1.29, 1.82) is 0 Å². The van der Waals surface area contributed by atoms with Crippen molar-refractivity contribution in [3.05, 3.63) is 47.5 Å². The minimum atomic E-state index is -1.64. The molecule has 0 unspecified atom stereocenters. The maximum Gasteiger partial charge on any atom is 0.394 e. The third-order valence-corrected chi connectivity index (χ3v) is 4.83. The number of fused-ring (bicyclic) bond motifs is 1. The van der Waals surface area contributed by atoms with Crippen LogP contribution in [0.1, 0.15) is 6.42 Å². The van der Waals surface area contributed by atoms with E-state index in [-0.39, 0.29) is 22.6 Å². The van der Waals surface area contributed by atoms with Crippen LogP contribution < -0.4 is 15.4 Å². The molecule has 1 fully saturated rings. The van der Waals surface area contributed by atoms with E-state index in [1.807, 2.05) is 0 Å². The minimum absolute atomic E-state index is 0.0627. The lowest BCUT2D eigenvalue weighted by Gasteiger charge is -2.17. The van der Waals surface area contributed by atoms with Gasteiger partial charge in [0.05, 0.1) is 29.4 Å². The van der Waals surface area contributed by atoms with E-state index < -0.39 is 17.7 Å². The molecular formula is C20H16ClFN4O5. The number of hydrogen-bond donors (Lipinski definition) is 3. The Kier molecular flexibility index (Phi) is 5.83. The summed E-state index contributed by atoms with van der Waals surface area (Å²) >= 11 is 5.83. The number of carboxylic acid groups (broad SMARTS) is 1. The molecule has 1 atom stereocenters. The number of nitrogens with one attached hydrogen (secondary N) is 2. The highest BCUT2D eigenvalue weighted by Gasteiger charge is 2.22. The molecule has 3 N–H and O–H groups in total. The molecule has 0 bridgehead atoms. The number of aromatic nitrogens is 2. The monoisotopic (exact) mass is 446 g/mol. The van der Waals surface area contributed by atoms with Crippen LogP contribution in [-0.2, 0) is 14.3 Å². The Balaban J connectivity index is 1.75. The van der Waals surface area contributed by atoms with Gasteiger partial charge in [0.15, 0.2) is 0 Å². The van der Waals surface area contributed by atoms with Crippen LogP contribution >= 0.6 is 11.6 Å². The Labute approximate surface area is 180 Å². The highest BCUT2D eigenvalue weighted by atomic mass is 35.5. The second-order valence-electron chi connectivity index (χ2n) is 6.70. The van der Waals surface area contributed by atoms with Crippen LogP contribution in [0.2, 0.25) is 5.02 Å². The minimum Gasteiger partial charge on any atom is -0.486 e. The molecule has 11 heteroatoms. The van der Waals surface area contributed by atoms with Crippen molar-refractivity contribution in [2.75, 3.05) is 23.8 Å². The van der Waals surface area contributed by atoms with Gasteiger partial charge in [0.2, 0.25) is 0 Å². The van der Waals surface area contributed by atoms with Crippen molar-refractivity contribution in [3.63, 3.8) is 0 Å². The quantitative estimate of drug-likeness (QED) is 0.510. The summed E-state index contributed by atoms with van der Waals surface area (Å²) in [7, 11) is 0. The van der Waals surface area contributed by atoms with Crippen LogP contribution in [-0.4, -0.2) is 46.3 Å². The number of nitrogens with zero attached hydrogens (tertiary/aromatic N) is 2. The summed E-state index contributed by atoms with van der Waals surface area (Å²) in [5, 5.41) is 14.7. The summed E-state index contributed by atoms with van der Waals surface area (Å²) in [5.74, 6) is -2.82. The molecule has 1 aliphatic heterocycles. The van der Waals surface area contributed by atoms with Gasteiger partial charge in [-0.2, -0.15) is 0 Å². The lowest BCUT2D eigenvalue weighted by atomic mass is 10.1. The molecule has 1 saturated heterocycles. The largest absolute Gasteiger partial charge is 0.486 e. The summed E-state index contributed by atoms with van der Waals surface area (Å²) < 4.78 is 24.7. The van der Waals surface area contributed by atoms with Crippen molar-refractivity contribution < 1.29 is 28.6 Å². The second kappa shape index (κ2) is 8.70. The molecule has 1 aromatic heterocycles. The Morgan fingerprint density at radius 3 is 2.81 bits per heavy atom. The van der Waals surface area contributed by atoms with Crippen molar-refractivity contribution in [1.82, 2.24) is 9.97 Å². The van der Waals surface area contributed by atoms with Gasteiger partial charge in [0.25, 0.3) is 0 Å². The topological polar surface area (TPSA) is 123 Å². The van der Waals surface area contributed by atoms with E-state index in [2.05, 4.69) is 20.6 Å². The van der Waals surface area contributed by atoms with Crippen molar-refractivity contribution in [2.45, 2.75) is 12.5 Å². The molecule has 31 heavy (non-hydrogen) atoms. The van der Waals surface area contributed by atoms with Crippen LogP contribution in [0.5, 0.6) is 5.75 Å². The number of ether oxygens (including phenoxy) is 2. The van der Waals surface area contributed by atoms with E-state index in [1.165, 1.54) is 30.6 Å². The molecule has 1 amide bonds. The van der Waals surface area contributed by atoms with Gasteiger partial charge in [-0.15, -0.1) is 0 Å². The predicted octanol–water partition coefficient (Wildman–Crippen LogP) is 3.36. The molecule has 1 aliphatic rings. The zero-order chi connectivity index (χ0) is 22.0. The van der Waals surface area contributed by atoms with E-state index in [0.717, 1.165) is 0 Å². The maximum atomic E-state index is 13.4. The zero-order valence-corrected chi connectivity index (χ0v) is 16.6. The van der Waals surface area contributed by atoms with Gasteiger partial charge in [-0.1, -0.05) is 11.6 Å². The number of rotatable bonds is 5. The molecule has 0 aliphatic carbocycles. The standard InChI is InChI=1S/C20H16ClFN4O5/c21-13-5-10(1-2-14(13)22)25-18-12-6-16(26-19(27)20(28)29)17(7-15(12)23-9-24-18)31-11-3-4-30-8-11/h1-2,5-7,9,11H,3-4,8H2,(H,26,27)(H,28,29)(H,23,24,25)/t11-/m0/s1. The summed E-state index contributed by atoms with van der Waals surface area (Å²) in [5.41, 5.74) is 1.10. The third-order valence-electron chi connectivity index (χ3n) is 4.54. The first-order chi connectivity index (χ1) is 14.9. The Hall–Kier alpha value is -3.50. The number of carbonyl (C=O) groups is 2. The fourth-order valence-corrected chi connectivity index (χ4v) is 3.23. The van der Waals surface area contributed by atoms with Crippen molar-refractivity contribution in [2.24, 2.45) is 0 Å². The molecule has 0 saturated carbocycles. The lowest BCUT2D eigenvalue weighted by Crippen LogP contribution is -2.23. The number of amides is 1. The first-order valence-electron chi connectivity index (χ1n) is 9.20. The Morgan fingerprint density at radius 1 is 1.26 bits per heavy atom. The molecule has 3 aromatic rings. The number of carbonyl (C=O) groups excluding carboxylic acids is 1. The van der Waals surface area contributed by atoms with E-state index in [1.54, 1.807) is 6.07 Å². The number of hydrogen-bond acceptors (Lipinski definition) is 7. The number of benzene rings is 2. The molecule has 2 aromatic carbocycles. The SMILES string of the molecule is O=C(O)C(=O)Nc1cc2c(Nc3ccc(F)c(Cl)c3)ncnc2cc1O[C@H]1CCOC1. The van der Waals surface area contributed by atoms with Crippen LogP contribution in [0, 0.1) is 5.82 Å². The molecule has 4 rings (SSSR count). The first kappa shape index (κ1) is 20.8. The van der Waals surface area contributed by atoms with Crippen LogP contribution in [0.25, 0.3) is 10.9 Å². The second-order valence-corrected chi connectivity index (χ2v) is 7.11. The van der Waals surface area contributed by atoms with Crippen LogP contribution in [0.4, 0.5) is 21.6 Å². The van der Waals surface area contributed by atoms with Gasteiger partial charge in [0, 0.05) is 23.6 Å². The lowest BCUT2D eigenvalue weighted by molar-refractivity contribution is -0.147. The van der Waals surface area contributed by atoms with E-state index in [4.69, 9.17) is 26.2 Å². The van der Waals surface area contributed by atoms with Gasteiger partial charge in [-0.05, 0) is 24.3 Å². The van der Waals surface area contributed by atoms with Gasteiger partial charge < -0.3 is 25.2 Å². The fraction of sp³-hybridized carbons (Fsp3) is 0.200. The molecule has 2 heterocycles. The van der Waals surface area contributed by atoms with E-state index >= 15 is 0 Å². The maximum absolute atomic E-state index is 13.4. The van der Waals surface area contributed by atoms with Gasteiger partial charge in [-0.3, -0.25) is 4.79 Å². The van der Waals surface area contributed by atoms with Gasteiger partial charge >= 0.3 is 11.9 Å². The summed E-state index contributed by atoms with van der Waals surface area (Å²) in [6, 6.07) is 7.18. The van der Waals surface area contributed by atoms with Crippen molar-refractivity contribution >= 4 is 51.6 Å². The van der Waals surface area contributed by atoms with E-state index in [0.29, 0.717) is 42.0 Å². The van der Waals surface area contributed by atoms with Gasteiger partial charge in [-0.25, -0.2) is 19.2 Å². The average Bonchev–Trinajstić information content (AvgIpc) is 3.24. The van der Waals surface area contributed by atoms with Crippen LogP contribution in [0.15, 0.2) is 36.7 Å². The fourth-order valence-electron chi connectivity index (χ4n) is 3.05. The van der Waals surface area contributed by atoms with Gasteiger partial charge in [0.1, 0.15) is 29.8 Å². The summed E-state index contributed by atoms with van der Waals surface area (Å²) in [4.78, 5) is 31.3. The zero-order valence-electron chi connectivity index (χ0n) is 15.9. The molecule has 0 radical (unpaired) electrons. The molecule has 9 nitrogen and oxygen atoms in total. The smallest absolute Gasteiger partial charge is 0.394 e. The molecule has 160 valence electrons. The summed E-state index contributed by atoms with van der Waals surface area (Å²) in [6.07, 6.45) is 1.75. The molecule has 0 spiro atoms. The van der Waals surface area contributed by atoms with Crippen molar-refractivity contribution in [3.8, 4) is 5.75 Å². The highest BCUT2D eigenvalue weighted by molar-refractivity contribution is 6.36. The van der Waals surface area contributed by atoms with E-state index in [9.17, 15) is 14.0 Å². The predicted molar refractivity (Wildman–Crippen MR) is 110 cm³/mol. The van der Waals surface area contributed by atoms with Crippen LogP contribution in [0.3, 0.4) is 0 Å². The molecular weight excluding hydrogens is 431 g/mol. The summed E-state index contributed by atoms with van der Waals surface area (Å²) in [6.45, 7) is 0.928. The Morgan fingerprint density at radius 2 is 2.10 bits per heavy atom. The third kappa shape index (κ3) is 4.65. The number of carboxylic acids is 1. The Bertz CT molecular complexity index is 1170. The normalized spacial score (nSPS) is 15.6.